The third kappa shape index (κ3) is 3.46. The van der Waals surface area contributed by atoms with Gasteiger partial charge in [0, 0.05) is 12.2 Å². The van der Waals surface area contributed by atoms with Crippen LogP contribution in [0.2, 0.25) is 0 Å². The number of aromatic nitrogens is 6. The van der Waals surface area contributed by atoms with E-state index in [0.29, 0.717) is 24.1 Å². The number of thioether (sulfide) groups is 1. The Hall–Kier alpha value is -2.26. The maximum Gasteiger partial charge on any atom is 0.247 e. The van der Waals surface area contributed by atoms with Crippen LogP contribution in [0.3, 0.4) is 0 Å². The lowest BCUT2D eigenvalue weighted by Gasteiger charge is -2.09. The van der Waals surface area contributed by atoms with Gasteiger partial charge in [0.05, 0.1) is 18.4 Å². The van der Waals surface area contributed by atoms with E-state index in [-0.39, 0.29) is 6.10 Å². The monoisotopic (exact) mass is 344 g/mol. The van der Waals surface area contributed by atoms with Gasteiger partial charge in [-0.2, -0.15) is 0 Å². The molecule has 0 N–H and O–H groups in total. The molecule has 0 bridgehead atoms. The Morgan fingerprint density at radius 3 is 2.92 bits per heavy atom. The van der Waals surface area contributed by atoms with E-state index in [4.69, 9.17) is 9.15 Å². The van der Waals surface area contributed by atoms with Gasteiger partial charge in [-0.05, 0) is 35.4 Å². The summed E-state index contributed by atoms with van der Waals surface area (Å²) in [6, 6.07) is 9.70. The summed E-state index contributed by atoms with van der Waals surface area (Å²) in [6.45, 7) is 1.49. The highest BCUT2D eigenvalue weighted by Gasteiger charge is 2.19. The summed E-state index contributed by atoms with van der Waals surface area (Å²) in [5, 5.41) is 20.7. The van der Waals surface area contributed by atoms with Gasteiger partial charge >= 0.3 is 0 Å². The van der Waals surface area contributed by atoms with Crippen LogP contribution in [0.15, 0.2) is 39.9 Å². The van der Waals surface area contributed by atoms with Gasteiger partial charge in [0.15, 0.2) is 0 Å². The first-order valence-corrected chi connectivity index (χ1v) is 8.75. The van der Waals surface area contributed by atoms with Crippen molar-refractivity contribution in [2.45, 2.75) is 36.4 Å². The molecule has 1 aliphatic heterocycles. The van der Waals surface area contributed by atoms with Crippen LogP contribution in [0.25, 0.3) is 11.5 Å². The minimum absolute atomic E-state index is 0.195. The number of tetrazole rings is 1. The normalized spacial score (nSPS) is 17.4. The Balaban J connectivity index is 1.39. The highest BCUT2D eigenvalue weighted by molar-refractivity contribution is 7.98. The third-order valence-corrected chi connectivity index (χ3v) is 4.65. The number of hydrogen-bond donors (Lipinski definition) is 0. The zero-order chi connectivity index (χ0) is 16.2. The van der Waals surface area contributed by atoms with Gasteiger partial charge in [0.25, 0.3) is 0 Å². The average molecular weight is 344 g/mol. The topological polar surface area (TPSA) is 91.8 Å². The lowest BCUT2D eigenvalue weighted by molar-refractivity contribution is 0.0912. The number of benzene rings is 1. The molecule has 1 aromatic carbocycles. The van der Waals surface area contributed by atoms with E-state index in [1.54, 1.807) is 4.68 Å². The molecular formula is C15H16N6O2S. The fourth-order valence-corrected chi connectivity index (χ4v) is 3.25. The zero-order valence-electron chi connectivity index (χ0n) is 12.9. The third-order valence-electron chi connectivity index (χ3n) is 3.71. The Labute approximate surface area is 142 Å². The Bertz CT molecular complexity index is 784. The molecule has 4 rings (SSSR count). The standard InChI is InChI=1S/C15H16N6O2S/c1-2-5-11(6-3-1)14-17-16-13(23-14)10-24-15-18-19-20-21(15)9-12-7-4-8-22-12/h1-3,5-6,12H,4,7-10H2/t12-/m0/s1. The van der Waals surface area contributed by atoms with Crippen molar-refractivity contribution >= 4 is 11.8 Å². The second-order valence-electron chi connectivity index (χ2n) is 5.43. The number of hydrogen-bond acceptors (Lipinski definition) is 8. The van der Waals surface area contributed by atoms with E-state index in [0.717, 1.165) is 30.2 Å². The fraction of sp³-hybridized carbons (Fsp3) is 0.400. The van der Waals surface area contributed by atoms with Crippen LogP contribution in [0.4, 0.5) is 0 Å². The highest BCUT2D eigenvalue weighted by atomic mass is 32.2. The first-order chi connectivity index (χ1) is 11.9. The Morgan fingerprint density at radius 1 is 1.17 bits per heavy atom. The molecular weight excluding hydrogens is 328 g/mol. The van der Waals surface area contributed by atoms with Crippen LogP contribution in [0, 0.1) is 0 Å². The smallest absolute Gasteiger partial charge is 0.247 e. The van der Waals surface area contributed by atoms with Crippen molar-refractivity contribution in [3.8, 4) is 11.5 Å². The first kappa shape index (κ1) is 15.3. The van der Waals surface area contributed by atoms with Crippen molar-refractivity contribution in [3.05, 3.63) is 36.2 Å². The van der Waals surface area contributed by atoms with Gasteiger partial charge in [0.1, 0.15) is 0 Å². The maximum atomic E-state index is 5.70. The molecule has 0 amide bonds. The summed E-state index contributed by atoms with van der Waals surface area (Å²) in [4.78, 5) is 0. The molecule has 0 spiro atoms. The first-order valence-electron chi connectivity index (χ1n) is 7.77. The van der Waals surface area contributed by atoms with Gasteiger partial charge in [-0.25, -0.2) is 4.68 Å². The summed E-state index contributed by atoms with van der Waals surface area (Å²) >= 11 is 1.47. The highest BCUT2D eigenvalue weighted by Crippen LogP contribution is 2.23. The predicted molar refractivity (Wildman–Crippen MR) is 86.1 cm³/mol. The molecule has 24 heavy (non-hydrogen) atoms. The maximum absolute atomic E-state index is 5.70. The van der Waals surface area contributed by atoms with E-state index in [1.165, 1.54) is 11.8 Å². The minimum atomic E-state index is 0.195. The van der Waals surface area contributed by atoms with Crippen LogP contribution in [0.1, 0.15) is 18.7 Å². The van der Waals surface area contributed by atoms with E-state index in [2.05, 4.69) is 25.7 Å². The van der Waals surface area contributed by atoms with Crippen LogP contribution in [0.5, 0.6) is 0 Å². The quantitative estimate of drug-likeness (QED) is 0.628. The van der Waals surface area contributed by atoms with Gasteiger partial charge < -0.3 is 9.15 Å². The number of nitrogens with zero attached hydrogens (tertiary/aromatic N) is 6. The minimum Gasteiger partial charge on any atom is -0.420 e. The summed E-state index contributed by atoms with van der Waals surface area (Å²) in [5.41, 5.74) is 0.907. The van der Waals surface area contributed by atoms with Crippen molar-refractivity contribution in [2.24, 2.45) is 0 Å². The zero-order valence-corrected chi connectivity index (χ0v) is 13.7. The number of ether oxygens (including phenoxy) is 1. The van der Waals surface area contributed by atoms with Gasteiger partial charge in [-0.3, -0.25) is 0 Å². The second-order valence-corrected chi connectivity index (χ2v) is 6.38. The molecule has 0 radical (unpaired) electrons. The van der Waals surface area contributed by atoms with Crippen LogP contribution in [-0.2, 0) is 17.0 Å². The lowest BCUT2D eigenvalue weighted by atomic mass is 10.2. The summed E-state index contributed by atoms with van der Waals surface area (Å²) < 4.78 is 13.1. The van der Waals surface area contributed by atoms with Crippen LogP contribution >= 0.6 is 11.8 Å². The molecule has 9 heteroatoms. The van der Waals surface area contributed by atoms with Crippen LogP contribution in [-0.4, -0.2) is 43.1 Å². The fourth-order valence-electron chi connectivity index (χ4n) is 2.53. The molecule has 1 aliphatic rings. The molecule has 0 saturated carbocycles. The molecule has 124 valence electrons. The van der Waals surface area contributed by atoms with E-state index in [9.17, 15) is 0 Å². The van der Waals surface area contributed by atoms with E-state index in [1.807, 2.05) is 30.3 Å². The molecule has 8 nitrogen and oxygen atoms in total. The van der Waals surface area contributed by atoms with Crippen molar-refractivity contribution in [1.82, 2.24) is 30.4 Å². The summed E-state index contributed by atoms with van der Waals surface area (Å²) in [5.74, 6) is 1.59. The largest absolute Gasteiger partial charge is 0.420 e. The lowest BCUT2D eigenvalue weighted by Crippen LogP contribution is -2.16. The molecule has 1 fully saturated rings. The van der Waals surface area contributed by atoms with Crippen molar-refractivity contribution in [1.29, 1.82) is 0 Å². The number of rotatable bonds is 6. The SMILES string of the molecule is c1ccc(-c2nnc(CSc3nnnn3C[C@@H]3CCCO3)o2)cc1. The summed E-state index contributed by atoms with van der Waals surface area (Å²) in [6.07, 6.45) is 2.34. The predicted octanol–water partition coefficient (Wildman–Crippen LogP) is 2.19. The van der Waals surface area contributed by atoms with Crippen molar-refractivity contribution < 1.29 is 9.15 Å². The van der Waals surface area contributed by atoms with Gasteiger partial charge in [-0.15, -0.1) is 15.3 Å². The average Bonchev–Trinajstić information content (AvgIpc) is 3.37. The molecule has 3 aromatic rings. The Morgan fingerprint density at radius 2 is 2.08 bits per heavy atom. The van der Waals surface area contributed by atoms with Crippen molar-refractivity contribution in [2.75, 3.05) is 6.61 Å². The Kier molecular flexibility index (Phi) is 4.52. The second kappa shape index (κ2) is 7.10. The van der Waals surface area contributed by atoms with E-state index < -0.39 is 0 Å². The molecule has 1 saturated heterocycles. The summed E-state index contributed by atoms with van der Waals surface area (Å²) in [7, 11) is 0. The molecule has 0 aliphatic carbocycles. The van der Waals surface area contributed by atoms with Gasteiger partial charge in [-0.1, -0.05) is 30.0 Å². The van der Waals surface area contributed by atoms with Crippen molar-refractivity contribution in [3.63, 3.8) is 0 Å². The molecule has 0 unspecified atom stereocenters. The molecule has 2 aromatic heterocycles. The molecule has 3 heterocycles. The van der Waals surface area contributed by atoms with E-state index >= 15 is 0 Å². The van der Waals surface area contributed by atoms with Gasteiger partial charge in [0.2, 0.25) is 16.9 Å². The van der Waals surface area contributed by atoms with Crippen LogP contribution < -0.4 is 0 Å². The molecule has 1 atom stereocenters.